The summed E-state index contributed by atoms with van der Waals surface area (Å²) >= 11 is 6.42. The van der Waals surface area contributed by atoms with Crippen molar-refractivity contribution < 1.29 is 14.3 Å². The van der Waals surface area contributed by atoms with E-state index in [4.69, 9.17) is 16.3 Å². The minimum atomic E-state index is -0.524. The lowest BCUT2D eigenvalue weighted by molar-refractivity contribution is -0.141. The highest BCUT2D eigenvalue weighted by Crippen LogP contribution is 2.32. The summed E-state index contributed by atoms with van der Waals surface area (Å²) in [5.74, 6) is 0.204. The summed E-state index contributed by atoms with van der Waals surface area (Å²) in [6, 6.07) is 3.09. The van der Waals surface area contributed by atoms with Crippen molar-refractivity contribution in [2.45, 2.75) is 39.7 Å². The number of ether oxygens (including phenoxy) is 1. The summed E-state index contributed by atoms with van der Waals surface area (Å²) in [6.45, 7) is 5.90. The minimum absolute atomic E-state index is 0.00749. The molecule has 7 nitrogen and oxygen atoms in total. The zero-order valence-electron chi connectivity index (χ0n) is 17.5. The maximum Gasteiger partial charge on any atom is 0.332 e. The minimum Gasteiger partial charge on any atom is -0.467 e. The van der Waals surface area contributed by atoms with Crippen molar-refractivity contribution in [3.63, 3.8) is 0 Å². The first-order valence-corrected chi connectivity index (χ1v) is 10.3. The molecule has 1 aliphatic heterocycles. The topological polar surface area (TPSA) is 93.2 Å². The molecular formula is C22H25ClN4O3. The molecule has 0 aromatic carbocycles. The molecule has 1 saturated carbocycles. The Balaban J connectivity index is 0.00000124. The van der Waals surface area contributed by atoms with E-state index in [0.717, 1.165) is 29.4 Å². The van der Waals surface area contributed by atoms with Crippen molar-refractivity contribution in [2.75, 3.05) is 12.4 Å². The quantitative estimate of drug-likeness (QED) is 0.562. The Morgan fingerprint density at radius 3 is 2.63 bits per heavy atom. The number of hydrogen-bond donors (Lipinski definition) is 2. The molecule has 1 amide bonds. The number of hydrogen-bond acceptors (Lipinski definition) is 6. The number of dihydropyridines is 1. The van der Waals surface area contributed by atoms with Crippen molar-refractivity contribution in [1.29, 1.82) is 0 Å². The predicted octanol–water partition coefficient (Wildman–Crippen LogP) is 4.09. The Bertz CT molecular complexity index is 1040. The number of nitrogens with zero attached hydrogens (tertiary/aromatic N) is 2. The van der Waals surface area contributed by atoms with Crippen LogP contribution in [0.2, 0.25) is 5.15 Å². The number of halogens is 1. The van der Waals surface area contributed by atoms with E-state index in [-0.39, 0.29) is 17.8 Å². The number of carbonyl (C=O) groups is 2. The number of esters is 1. The van der Waals surface area contributed by atoms with Gasteiger partial charge < -0.3 is 15.4 Å². The molecule has 1 atom stereocenters. The molecule has 2 aromatic rings. The Morgan fingerprint density at radius 2 is 2.00 bits per heavy atom. The van der Waals surface area contributed by atoms with Crippen LogP contribution in [0, 0.1) is 5.92 Å². The fraction of sp³-hybridized carbons (Fsp3) is 0.364. The lowest BCUT2D eigenvalue weighted by Gasteiger charge is -2.20. The van der Waals surface area contributed by atoms with Gasteiger partial charge in [-0.3, -0.25) is 4.79 Å². The SMILES string of the molecule is CC.COC(=O)C1C=C(C)C(c2cc3cnc(NC(=O)C4CC4)cc3c(Cl)n2)=CN1. The Kier molecular flexibility index (Phi) is 6.72. The molecule has 0 saturated heterocycles. The molecule has 1 aliphatic carbocycles. The number of amides is 1. The van der Waals surface area contributed by atoms with Crippen molar-refractivity contribution in [3.8, 4) is 0 Å². The summed E-state index contributed by atoms with van der Waals surface area (Å²) in [6.07, 6.45) is 7.05. The number of aromatic nitrogens is 2. The zero-order chi connectivity index (χ0) is 21.8. The van der Waals surface area contributed by atoms with Crippen LogP contribution in [0.25, 0.3) is 16.3 Å². The van der Waals surface area contributed by atoms with E-state index in [0.29, 0.717) is 22.1 Å². The van der Waals surface area contributed by atoms with Gasteiger partial charge >= 0.3 is 5.97 Å². The van der Waals surface area contributed by atoms with Crippen LogP contribution in [-0.2, 0) is 14.3 Å². The van der Waals surface area contributed by atoms with Gasteiger partial charge in [0.25, 0.3) is 0 Å². The summed E-state index contributed by atoms with van der Waals surface area (Å²) in [4.78, 5) is 32.5. The summed E-state index contributed by atoms with van der Waals surface area (Å²) in [5, 5.41) is 7.66. The van der Waals surface area contributed by atoms with E-state index in [1.165, 1.54) is 7.11 Å². The number of anilines is 1. The van der Waals surface area contributed by atoms with Crippen molar-refractivity contribution in [1.82, 2.24) is 15.3 Å². The molecule has 0 bridgehead atoms. The highest BCUT2D eigenvalue weighted by Gasteiger charge is 2.30. The Hall–Kier alpha value is -2.93. The normalized spacial score (nSPS) is 17.7. The molecule has 8 heteroatoms. The van der Waals surface area contributed by atoms with Crippen molar-refractivity contribution in [2.24, 2.45) is 5.92 Å². The second kappa shape index (κ2) is 9.26. The molecule has 30 heavy (non-hydrogen) atoms. The third-order valence-corrected chi connectivity index (χ3v) is 5.14. The summed E-state index contributed by atoms with van der Waals surface area (Å²) < 4.78 is 4.76. The third kappa shape index (κ3) is 4.62. The van der Waals surface area contributed by atoms with Crippen molar-refractivity contribution >= 4 is 45.6 Å². The first-order valence-electron chi connectivity index (χ1n) is 9.96. The predicted molar refractivity (Wildman–Crippen MR) is 118 cm³/mol. The van der Waals surface area contributed by atoms with E-state index >= 15 is 0 Å². The van der Waals surface area contributed by atoms with Gasteiger partial charge in [0.1, 0.15) is 17.0 Å². The molecule has 3 heterocycles. The average molecular weight is 429 g/mol. The molecular weight excluding hydrogens is 404 g/mol. The summed E-state index contributed by atoms with van der Waals surface area (Å²) in [7, 11) is 1.35. The fourth-order valence-corrected chi connectivity index (χ4v) is 3.35. The zero-order valence-corrected chi connectivity index (χ0v) is 18.2. The highest BCUT2D eigenvalue weighted by atomic mass is 35.5. The first kappa shape index (κ1) is 21.8. The van der Waals surface area contributed by atoms with Crippen LogP contribution < -0.4 is 10.6 Å². The lowest BCUT2D eigenvalue weighted by Crippen LogP contribution is -2.34. The fourth-order valence-electron chi connectivity index (χ4n) is 3.10. The van der Waals surface area contributed by atoms with Crippen LogP contribution in [0.15, 0.2) is 36.2 Å². The number of methoxy groups -OCH3 is 1. The van der Waals surface area contributed by atoms with Gasteiger partial charge in [-0.2, -0.15) is 0 Å². The second-order valence-corrected chi connectivity index (χ2v) is 7.29. The lowest BCUT2D eigenvalue weighted by atomic mass is 9.98. The number of carbonyl (C=O) groups excluding carboxylic acids is 2. The molecule has 1 fully saturated rings. The molecule has 1 unspecified atom stereocenters. The first-order chi connectivity index (χ1) is 14.5. The molecule has 158 valence electrons. The number of nitrogens with one attached hydrogen (secondary N) is 2. The average Bonchev–Trinajstić information content (AvgIpc) is 3.60. The number of fused-ring (bicyclic) bond motifs is 1. The van der Waals surface area contributed by atoms with E-state index in [2.05, 4.69) is 20.6 Å². The number of rotatable bonds is 4. The van der Waals surface area contributed by atoms with E-state index in [1.807, 2.05) is 26.8 Å². The molecule has 2 aromatic heterocycles. The van der Waals surface area contributed by atoms with Crippen LogP contribution >= 0.6 is 11.6 Å². The maximum absolute atomic E-state index is 11.9. The Labute approximate surface area is 180 Å². The van der Waals surface area contributed by atoms with Gasteiger partial charge in [0.05, 0.1) is 12.8 Å². The van der Waals surface area contributed by atoms with E-state index < -0.39 is 6.04 Å². The summed E-state index contributed by atoms with van der Waals surface area (Å²) in [5.41, 5.74) is 2.38. The van der Waals surface area contributed by atoms with Gasteiger partial charge in [0, 0.05) is 34.7 Å². The molecule has 0 radical (unpaired) electrons. The van der Waals surface area contributed by atoms with Gasteiger partial charge in [-0.1, -0.05) is 25.4 Å². The van der Waals surface area contributed by atoms with Crippen LogP contribution in [0.3, 0.4) is 0 Å². The standard InChI is InChI=1S/C20H19ClN4O3.C2H6/c1-10-5-16(20(27)28-2)22-9-14(10)15-6-12-8-23-17(7-13(12)18(21)24-15)25-19(26)11-3-4-11;1-2/h5-9,11,16,22H,3-4H2,1-2H3,(H,23,25,26);1-2H3. The molecule has 2 N–H and O–H groups in total. The molecule has 2 aliphatic rings. The van der Waals surface area contributed by atoms with Gasteiger partial charge in [0.2, 0.25) is 5.91 Å². The molecule has 0 spiro atoms. The largest absolute Gasteiger partial charge is 0.467 e. The van der Waals surface area contributed by atoms with Crippen LogP contribution in [-0.4, -0.2) is 35.0 Å². The monoisotopic (exact) mass is 428 g/mol. The van der Waals surface area contributed by atoms with Crippen LogP contribution in [0.1, 0.15) is 39.3 Å². The smallest absolute Gasteiger partial charge is 0.332 e. The second-order valence-electron chi connectivity index (χ2n) is 6.93. The van der Waals surface area contributed by atoms with E-state index in [9.17, 15) is 9.59 Å². The number of pyridine rings is 2. The van der Waals surface area contributed by atoms with Gasteiger partial charge in [0.15, 0.2) is 0 Å². The maximum atomic E-state index is 11.9. The van der Waals surface area contributed by atoms with Gasteiger partial charge in [-0.25, -0.2) is 14.8 Å². The van der Waals surface area contributed by atoms with Gasteiger partial charge in [-0.15, -0.1) is 0 Å². The van der Waals surface area contributed by atoms with Gasteiger partial charge in [-0.05, 0) is 43.5 Å². The van der Waals surface area contributed by atoms with Crippen LogP contribution in [0.5, 0.6) is 0 Å². The third-order valence-electron chi connectivity index (χ3n) is 4.85. The van der Waals surface area contributed by atoms with Crippen LogP contribution in [0.4, 0.5) is 5.82 Å². The Morgan fingerprint density at radius 1 is 1.27 bits per heavy atom. The van der Waals surface area contributed by atoms with Crippen molar-refractivity contribution in [3.05, 3.63) is 47.0 Å². The van der Waals surface area contributed by atoms with E-state index in [1.54, 1.807) is 24.5 Å². The number of allylic oxidation sites excluding steroid dienone is 2. The molecule has 4 rings (SSSR count). The highest BCUT2D eigenvalue weighted by molar-refractivity contribution is 6.34.